The van der Waals surface area contributed by atoms with Crippen LogP contribution < -0.4 is 5.32 Å². The van der Waals surface area contributed by atoms with Crippen LogP contribution in [0.2, 0.25) is 0 Å². The van der Waals surface area contributed by atoms with Crippen LogP contribution in [0.15, 0.2) is 47.1 Å². The zero-order valence-corrected chi connectivity index (χ0v) is 13.0. The molecular formula is C17H24N2O2. The van der Waals surface area contributed by atoms with Crippen molar-refractivity contribution in [1.82, 2.24) is 10.2 Å². The molecule has 1 heterocycles. The normalized spacial score (nSPS) is 12.8. The molecule has 0 spiro atoms. The van der Waals surface area contributed by atoms with Crippen LogP contribution in [0.3, 0.4) is 0 Å². The molecule has 1 atom stereocenters. The summed E-state index contributed by atoms with van der Waals surface area (Å²) in [5.41, 5.74) is 2.50. The van der Waals surface area contributed by atoms with Crippen molar-refractivity contribution in [3.05, 3.63) is 59.5 Å². The summed E-state index contributed by atoms with van der Waals surface area (Å²) >= 11 is 0. The van der Waals surface area contributed by atoms with Crippen molar-refractivity contribution in [3.8, 4) is 0 Å². The first-order valence-electron chi connectivity index (χ1n) is 7.18. The highest BCUT2D eigenvalue weighted by atomic mass is 16.5. The fourth-order valence-corrected chi connectivity index (χ4v) is 2.39. The van der Waals surface area contributed by atoms with Gasteiger partial charge in [0.2, 0.25) is 0 Å². The Hall–Kier alpha value is -1.62. The van der Waals surface area contributed by atoms with Crippen LogP contribution in [0.5, 0.6) is 0 Å². The van der Waals surface area contributed by atoms with E-state index in [9.17, 15) is 0 Å². The zero-order valence-electron chi connectivity index (χ0n) is 13.0. The summed E-state index contributed by atoms with van der Waals surface area (Å²) in [5.74, 6) is 0.984. The van der Waals surface area contributed by atoms with E-state index in [1.807, 2.05) is 18.2 Å². The van der Waals surface area contributed by atoms with Gasteiger partial charge < -0.3 is 14.5 Å². The Balaban J connectivity index is 1.94. The maximum atomic E-state index is 5.52. The van der Waals surface area contributed by atoms with Crippen LogP contribution >= 0.6 is 0 Å². The summed E-state index contributed by atoms with van der Waals surface area (Å²) in [5, 5.41) is 3.51. The quantitative estimate of drug-likeness (QED) is 0.810. The number of likely N-dealkylation sites (N-methyl/N-ethyl adjacent to an activating group) is 1. The number of furan rings is 1. The number of ether oxygens (including phenoxy) is 1. The number of hydrogen-bond donors (Lipinski definition) is 1. The number of methoxy groups -OCH3 is 1. The fourth-order valence-electron chi connectivity index (χ4n) is 2.39. The molecule has 2 rings (SSSR count). The summed E-state index contributed by atoms with van der Waals surface area (Å²) in [4.78, 5) is 2.16. The third kappa shape index (κ3) is 4.43. The van der Waals surface area contributed by atoms with Crippen molar-refractivity contribution in [3.63, 3.8) is 0 Å². The molecule has 0 bridgehead atoms. The predicted molar refractivity (Wildman–Crippen MR) is 84.0 cm³/mol. The molecule has 0 aliphatic rings. The molecule has 1 N–H and O–H groups in total. The number of hydrogen-bond acceptors (Lipinski definition) is 4. The van der Waals surface area contributed by atoms with E-state index in [1.165, 1.54) is 11.1 Å². The molecule has 4 heteroatoms. The molecule has 0 aliphatic heterocycles. The molecule has 0 amide bonds. The standard InChI is InChI=1S/C17H24N2O2/c1-19(2)16(17-9-6-10-21-17)12-18-11-14-7-4-5-8-15(14)13-20-3/h4-10,16,18H,11-13H2,1-3H3. The zero-order chi connectivity index (χ0) is 15.1. The molecule has 0 radical (unpaired) electrons. The minimum atomic E-state index is 0.231. The van der Waals surface area contributed by atoms with E-state index in [0.717, 1.165) is 18.8 Å². The molecule has 1 aromatic carbocycles. The lowest BCUT2D eigenvalue weighted by atomic mass is 10.1. The fraction of sp³-hybridized carbons (Fsp3) is 0.412. The summed E-state index contributed by atoms with van der Waals surface area (Å²) < 4.78 is 10.8. The van der Waals surface area contributed by atoms with E-state index < -0.39 is 0 Å². The lowest BCUT2D eigenvalue weighted by Gasteiger charge is -2.23. The highest BCUT2D eigenvalue weighted by Crippen LogP contribution is 2.18. The molecular weight excluding hydrogens is 264 g/mol. The van der Waals surface area contributed by atoms with Crippen LogP contribution in [-0.4, -0.2) is 32.6 Å². The molecule has 114 valence electrons. The van der Waals surface area contributed by atoms with Crippen molar-refractivity contribution in [2.24, 2.45) is 0 Å². The van der Waals surface area contributed by atoms with E-state index in [1.54, 1.807) is 13.4 Å². The predicted octanol–water partition coefficient (Wildman–Crippen LogP) is 2.82. The topological polar surface area (TPSA) is 37.6 Å². The molecule has 0 saturated heterocycles. The molecule has 1 aromatic heterocycles. The van der Waals surface area contributed by atoms with Gasteiger partial charge in [-0.3, -0.25) is 4.90 Å². The summed E-state index contributed by atoms with van der Waals surface area (Å²) in [6, 6.07) is 12.5. The molecule has 1 unspecified atom stereocenters. The van der Waals surface area contributed by atoms with E-state index in [4.69, 9.17) is 9.15 Å². The Morgan fingerprint density at radius 3 is 2.52 bits per heavy atom. The van der Waals surface area contributed by atoms with Gasteiger partial charge in [-0.1, -0.05) is 24.3 Å². The first-order valence-corrected chi connectivity index (χ1v) is 7.18. The maximum Gasteiger partial charge on any atom is 0.122 e. The third-order valence-electron chi connectivity index (χ3n) is 3.57. The van der Waals surface area contributed by atoms with E-state index in [0.29, 0.717) is 6.61 Å². The number of nitrogens with one attached hydrogen (secondary N) is 1. The van der Waals surface area contributed by atoms with Crippen molar-refractivity contribution in [1.29, 1.82) is 0 Å². The van der Waals surface area contributed by atoms with Crippen molar-refractivity contribution in [2.45, 2.75) is 19.2 Å². The SMILES string of the molecule is COCc1ccccc1CNCC(c1ccco1)N(C)C. The van der Waals surface area contributed by atoms with Crippen LogP contribution in [0.1, 0.15) is 22.9 Å². The van der Waals surface area contributed by atoms with Crippen molar-refractivity contribution in [2.75, 3.05) is 27.7 Å². The van der Waals surface area contributed by atoms with Crippen molar-refractivity contribution >= 4 is 0 Å². The highest BCUT2D eigenvalue weighted by molar-refractivity contribution is 5.26. The molecule has 0 saturated carbocycles. The average molecular weight is 288 g/mol. The second-order valence-electron chi connectivity index (χ2n) is 5.33. The van der Waals surface area contributed by atoms with Gasteiger partial charge in [-0.25, -0.2) is 0 Å². The van der Waals surface area contributed by atoms with Crippen LogP contribution in [0.4, 0.5) is 0 Å². The lowest BCUT2D eigenvalue weighted by molar-refractivity contribution is 0.184. The molecule has 4 nitrogen and oxygen atoms in total. The smallest absolute Gasteiger partial charge is 0.122 e. The Bertz CT molecular complexity index is 523. The monoisotopic (exact) mass is 288 g/mol. The summed E-state index contributed by atoms with van der Waals surface area (Å²) in [7, 11) is 5.85. The number of rotatable bonds is 8. The largest absolute Gasteiger partial charge is 0.468 e. The Morgan fingerprint density at radius 1 is 1.14 bits per heavy atom. The van der Waals surface area contributed by atoms with Crippen molar-refractivity contribution < 1.29 is 9.15 Å². The number of nitrogens with zero attached hydrogens (tertiary/aromatic N) is 1. The van der Waals surface area contributed by atoms with Gasteiger partial charge >= 0.3 is 0 Å². The Labute approximate surface area is 126 Å². The lowest BCUT2D eigenvalue weighted by Crippen LogP contribution is -2.30. The second-order valence-corrected chi connectivity index (χ2v) is 5.33. The van der Waals surface area contributed by atoms with E-state index in [2.05, 4.69) is 42.5 Å². The summed E-state index contributed by atoms with van der Waals surface area (Å²) in [6.07, 6.45) is 1.72. The van der Waals surface area contributed by atoms with Gasteiger partial charge in [-0.05, 0) is 37.4 Å². The van der Waals surface area contributed by atoms with Gasteiger partial charge in [0, 0.05) is 20.2 Å². The number of benzene rings is 1. The van der Waals surface area contributed by atoms with Crippen LogP contribution in [0.25, 0.3) is 0 Å². The molecule has 0 aliphatic carbocycles. The average Bonchev–Trinajstić information content (AvgIpc) is 2.99. The first kappa shape index (κ1) is 15.8. The molecule has 2 aromatic rings. The van der Waals surface area contributed by atoms with Gasteiger partial charge in [-0.2, -0.15) is 0 Å². The maximum absolute atomic E-state index is 5.52. The van der Waals surface area contributed by atoms with Gasteiger partial charge in [-0.15, -0.1) is 0 Å². The van der Waals surface area contributed by atoms with Gasteiger partial charge in [0.1, 0.15) is 5.76 Å². The van der Waals surface area contributed by atoms with Crippen LogP contribution in [0, 0.1) is 0 Å². The van der Waals surface area contributed by atoms with Gasteiger partial charge in [0.05, 0.1) is 18.9 Å². The first-order chi connectivity index (χ1) is 10.2. The minimum absolute atomic E-state index is 0.231. The summed E-state index contributed by atoms with van der Waals surface area (Å²) in [6.45, 7) is 2.31. The molecule has 21 heavy (non-hydrogen) atoms. The van der Waals surface area contributed by atoms with Gasteiger partial charge in [0.25, 0.3) is 0 Å². The van der Waals surface area contributed by atoms with E-state index >= 15 is 0 Å². The third-order valence-corrected chi connectivity index (χ3v) is 3.57. The minimum Gasteiger partial charge on any atom is -0.468 e. The second kappa shape index (κ2) is 7.98. The van der Waals surface area contributed by atoms with Crippen LogP contribution in [-0.2, 0) is 17.9 Å². The Kier molecular flexibility index (Phi) is 5.99. The van der Waals surface area contributed by atoms with E-state index in [-0.39, 0.29) is 6.04 Å². The highest BCUT2D eigenvalue weighted by Gasteiger charge is 2.16. The van der Waals surface area contributed by atoms with Gasteiger partial charge in [0.15, 0.2) is 0 Å². The Morgan fingerprint density at radius 2 is 1.90 bits per heavy atom. The molecule has 0 fully saturated rings.